The van der Waals surface area contributed by atoms with Crippen molar-refractivity contribution in [2.75, 3.05) is 13.1 Å². The predicted molar refractivity (Wildman–Crippen MR) is 47.2 cm³/mol. The third kappa shape index (κ3) is 1.99. The number of amides is 1. The zero-order chi connectivity index (χ0) is 9.19. The zero-order valence-electron chi connectivity index (χ0n) is 7.55. The summed E-state index contributed by atoms with van der Waals surface area (Å²) in [6, 6.07) is 0. The Balaban J connectivity index is 2.59. The van der Waals surface area contributed by atoms with Crippen molar-refractivity contribution >= 4 is 5.91 Å². The third-order valence-corrected chi connectivity index (χ3v) is 2.14. The smallest absolute Gasteiger partial charge is 0.293 e. The molecule has 1 saturated heterocycles. The molecule has 1 heterocycles. The molecule has 66 valence electrons. The molecule has 1 rings (SSSR count). The van der Waals surface area contributed by atoms with Crippen LogP contribution in [0.1, 0.15) is 20.3 Å². The van der Waals surface area contributed by atoms with Crippen LogP contribution in [0.25, 0.3) is 0 Å². The Morgan fingerprint density at radius 3 is 2.42 bits per heavy atom. The number of hydrogen-bond donors (Lipinski definition) is 1. The van der Waals surface area contributed by atoms with Gasteiger partial charge in [-0.15, -0.1) is 0 Å². The lowest BCUT2D eigenvalue weighted by molar-refractivity contribution is -0.112. The highest BCUT2D eigenvalue weighted by atomic mass is 16.1. The van der Waals surface area contributed by atoms with Crippen molar-refractivity contribution in [3.8, 4) is 11.8 Å². The topological polar surface area (TPSA) is 46.3 Å². The van der Waals surface area contributed by atoms with Crippen molar-refractivity contribution in [1.29, 1.82) is 0 Å². The molecule has 3 heteroatoms. The first kappa shape index (κ1) is 9.08. The number of nitrogens with zero attached hydrogens (tertiary/aromatic N) is 1. The first-order chi connectivity index (χ1) is 5.52. The Morgan fingerprint density at radius 1 is 1.50 bits per heavy atom. The molecule has 0 radical (unpaired) electrons. The number of primary amides is 1. The van der Waals surface area contributed by atoms with Gasteiger partial charge in [0.25, 0.3) is 5.91 Å². The van der Waals surface area contributed by atoms with Crippen molar-refractivity contribution in [1.82, 2.24) is 4.90 Å². The summed E-state index contributed by atoms with van der Waals surface area (Å²) in [7, 11) is 0. The SMILES string of the molecule is CC(C)(C#CC(N)=O)N1CCC1. The van der Waals surface area contributed by atoms with Crippen LogP contribution in [0, 0.1) is 11.8 Å². The number of likely N-dealkylation sites (tertiary alicyclic amines) is 1. The molecule has 0 spiro atoms. The number of carbonyl (C=O) groups excluding carboxylic acids is 1. The molecule has 0 bridgehead atoms. The van der Waals surface area contributed by atoms with E-state index < -0.39 is 5.91 Å². The molecule has 12 heavy (non-hydrogen) atoms. The largest absolute Gasteiger partial charge is 0.359 e. The van der Waals surface area contributed by atoms with E-state index >= 15 is 0 Å². The molecule has 1 aliphatic heterocycles. The number of nitrogens with two attached hydrogens (primary N) is 1. The Labute approximate surface area is 72.9 Å². The molecule has 0 aromatic heterocycles. The number of rotatable bonds is 1. The molecule has 0 saturated carbocycles. The van der Waals surface area contributed by atoms with Crippen LogP contribution in [0.4, 0.5) is 0 Å². The summed E-state index contributed by atoms with van der Waals surface area (Å²) in [5.74, 6) is 4.69. The van der Waals surface area contributed by atoms with E-state index in [0.717, 1.165) is 13.1 Å². The molecule has 2 N–H and O–H groups in total. The molecule has 0 unspecified atom stereocenters. The quantitative estimate of drug-likeness (QED) is 0.555. The minimum Gasteiger partial charge on any atom is -0.359 e. The number of hydrogen-bond acceptors (Lipinski definition) is 2. The van der Waals surface area contributed by atoms with Crippen LogP contribution in [0.5, 0.6) is 0 Å². The van der Waals surface area contributed by atoms with Gasteiger partial charge in [0.05, 0.1) is 5.54 Å². The normalized spacial score (nSPS) is 17.5. The van der Waals surface area contributed by atoms with Crippen LogP contribution in [0.3, 0.4) is 0 Å². The van der Waals surface area contributed by atoms with Crippen molar-refractivity contribution in [2.24, 2.45) is 5.73 Å². The van der Waals surface area contributed by atoms with Gasteiger partial charge in [0.1, 0.15) is 0 Å². The molecule has 0 atom stereocenters. The van der Waals surface area contributed by atoms with Gasteiger partial charge in [0, 0.05) is 13.1 Å². The average molecular weight is 166 g/mol. The molecule has 1 fully saturated rings. The van der Waals surface area contributed by atoms with Crippen molar-refractivity contribution in [3.63, 3.8) is 0 Å². The van der Waals surface area contributed by atoms with Crippen LogP contribution >= 0.6 is 0 Å². The molecule has 3 nitrogen and oxygen atoms in total. The molecule has 1 amide bonds. The van der Waals surface area contributed by atoms with Gasteiger partial charge in [-0.05, 0) is 26.2 Å². The fourth-order valence-electron chi connectivity index (χ4n) is 1.17. The standard InChI is InChI=1S/C9H14N2O/c1-9(2,5-4-8(10)12)11-6-3-7-11/h3,6-7H2,1-2H3,(H2,10,12). The zero-order valence-corrected chi connectivity index (χ0v) is 7.55. The summed E-state index contributed by atoms with van der Waals surface area (Å²) in [5.41, 5.74) is 4.73. The molecule has 0 aromatic carbocycles. The summed E-state index contributed by atoms with van der Waals surface area (Å²) in [6.45, 7) is 6.14. The van der Waals surface area contributed by atoms with Crippen molar-refractivity contribution in [2.45, 2.75) is 25.8 Å². The van der Waals surface area contributed by atoms with Gasteiger partial charge in [-0.3, -0.25) is 9.69 Å². The van der Waals surface area contributed by atoms with Crippen LogP contribution in [0.2, 0.25) is 0 Å². The fraction of sp³-hybridized carbons (Fsp3) is 0.667. The monoisotopic (exact) mass is 166 g/mol. The van der Waals surface area contributed by atoms with E-state index in [1.165, 1.54) is 6.42 Å². The van der Waals surface area contributed by atoms with Crippen molar-refractivity contribution in [3.05, 3.63) is 0 Å². The second-order valence-electron chi connectivity index (χ2n) is 3.51. The molecule has 1 aliphatic rings. The summed E-state index contributed by atoms with van der Waals surface area (Å²) in [4.78, 5) is 12.6. The summed E-state index contributed by atoms with van der Waals surface area (Å²) in [5, 5.41) is 0. The summed E-state index contributed by atoms with van der Waals surface area (Å²) in [6.07, 6.45) is 1.22. The van der Waals surface area contributed by atoms with Crippen LogP contribution in [0.15, 0.2) is 0 Å². The van der Waals surface area contributed by atoms with Gasteiger partial charge in [0.15, 0.2) is 0 Å². The second-order valence-corrected chi connectivity index (χ2v) is 3.51. The van der Waals surface area contributed by atoms with Crippen LogP contribution in [-0.2, 0) is 4.79 Å². The molecular formula is C9H14N2O. The Morgan fingerprint density at radius 2 is 2.08 bits per heavy atom. The van der Waals surface area contributed by atoms with Gasteiger partial charge in [-0.1, -0.05) is 5.92 Å². The van der Waals surface area contributed by atoms with E-state index in [-0.39, 0.29) is 5.54 Å². The maximum Gasteiger partial charge on any atom is 0.293 e. The minimum atomic E-state index is -0.552. The van der Waals surface area contributed by atoms with E-state index in [9.17, 15) is 4.79 Å². The lowest BCUT2D eigenvalue weighted by Crippen LogP contribution is -2.51. The Bertz CT molecular complexity index is 243. The predicted octanol–water partition coefficient (Wildman–Crippen LogP) is -0.0406. The lowest BCUT2D eigenvalue weighted by Gasteiger charge is -2.41. The van der Waals surface area contributed by atoms with Gasteiger partial charge in [-0.25, -0.2) is 0 Å². The van der Waals surface area contributed by atoms with Gasteiger partial charge < -0.3 is 5.73 Å². The van der Waals surface area contributed by atoms with E-state index in [0.29, 0.717) is 0 Å². The Hall–Kier alpha value is -1.01. The fourth-order valence-corrected chi connectivity index (χ4v) is 1.17. The van der Waals surface area contributed by atoms with E-state index in [1.54, 1.807) is 0 Å². The van der Waals surface area contributed by atoms with Crippen molar-refractivity contribution < 1.29 is 4.79 Å². The number of carbonyl (C=O) groups is 1. The maximum absolute atomic E-state index is 10.4. The van der Waals surface area contributed by atoms with E-state index in [4.69, 9.17) is 5.73 Å². The Kier molecular flexibility index (Phi) is 2.39. The first-order valence-electron chi connectivity index (χ1n) is 4.10. The first-order valence-corrected chi connectivity index (χ1v) is 4.10. The van der Waals surface area contributed by atoms with Crippen LogP contribution < -0.4 is 5.73 Å². The molecular weight excluding hydrogens is 152 g/mol. The molecule has 0 aliphatic carbocycles. The second kappa shape index (κ2) is 3.16. The van der Waals surface area contributed by atoms with Gasteiger partial charge in [-0.2, -0.15) is 0 Å². The van der Waals surface area contributed by atoms with Gasteiger partial charge >= 0.3 is 0 Å². The molecule has 0 aromatic rings. The average Bonchev–Trinajstić information content (AvgIpc) is 1.78. The lowest BCUT2D eigenvalue weighted by atomic mass is 9.99. The minimum absolute atomic E-state index is 0.201. The highest BCUT2D eigenvalue weighted by molar-refractivity contribution is 5.92. The highest BCUT2D eigenvalue weighted by Gasteiger charge is 2.28. The van der Waals surface area contributed by atoms with Crippen LogP contribution in [-0.4, -0.2) is 29.4 Å². The van der Waals surface area contributed by atoms with E-state index in [1.807, 2.05) is 13.8 Å². The summed E-state index contributed by atoms with van der Waals surface area (Å²) >= 11 is 0. The van der Waals surface area contributed by atoms with Gasteiger partial charge in [0.2, 0.25) is 0 Å². The maximum atomic E-state index is 10.4. The summed E-state index contributed by atoms with van der Waals surface area (Å²) < 4.78 is 0. The highest BCUT2D eigenvalue weighted by Crippen LogP contribution is 2.19. The van der Waals surface area contributed by atoms with E-state index in [2.05, 4.69) is 16.7 Å². The third-order valence-electron chi connectivity index (χ3n) is 2.14.